The number of carboxylic acids is 1. The van der Waals surface area contributed by atoms with Crippen molar-refractivity contribution < 1.29 is 14.7 Å². The van der Waals surface area contributed by atoms with E-state index in [0.717, 1.165) is 0 Å². The highest BCUT2D eigenvalue weighted by Crippen LogP contribution is 2.25. The van der Waals surface area contributed by atoms with Gasteiger partial charge in [-0.1, -0.05) is 29.3 Å². The summed E-state index contributed by atoms with van der Waals surface area (Å²) in [5.74, 6) is -1.25. The van der Waals surface area contributed by atoms with Gasteiger partial charge in [-0.3, -0.25) is 9.59 Å². The van der Waals surface area contributed by atoms with E-state index < -0.39 is 5.97 Å². The first-order chi connectivity index (χ1) is 8.41. The summed E-state index contributed by atoms with van der Waals surface area (Å²) in [5, 5.41) is 11.7. The van der Waals surface area contributed by atoms with Crippen molar-refractivity contribution >= 4 is 35.1 Å². The maximum Gasteiger partial charge on any atom is 0.303 e. The molecule has 6 heteroatoms. The first kappa shape index (κ1) is 14.8. The van der Waals surface area contributed by atoms with Crippen molar-refractivity contribution in [2.45, 2.75) is 25.8 Å². The minimum absolute atomic E-state index is 0.00469. The smallest absolute Gasteiger partial charge is 0.303 e. The third-order valence-corrected chi connectivity index (χ3v) is 3.18. The van der Waals surface area contributed by atoms with Gasteiger partial charge in [-0.05, 0) is 25.5 Å². The van der Waals surface area contributed by atoms with Crippen LogP contribution in [0.15, 0.2) is 18.2 Å². The van der Waals surface area contributed by atoms with Crippen LogP contribution in [0.3, 0.4) is 0 Å². The van der Waals surface area contributed by atoms with Crippen LogP contribution in [0.1, 0.15) is 30.1 Å². The summed E-state index contributed by atoms with van der Waals surface area (Å²) >= 11 is 11.7. The maximum absolute atomic E-state index is 11.9. The Morgan fingerprint density at radius 2 is 2.06 bits per heavy atom. The van der Waals surface area contributed by atoms with Gasteiger partial charge in [0.05, 0.1) is 15.6 Å². The molecule has 0 fully saturated rings. The Hall–Kier alpha value is -1.26. The van der Waals surface area contributed by atoms with E-state index in [9.17, 15) is 9.59 Å². The summed E-state index contributed by atoms with van der Waals surface area (Å²) in [4.78, 5) is 22.3. The molecule has 0 aromatic heterocycles. The highest BCUT2D eigenvalue weighted by Gasteiger charge is 2.15. The monoisotopic (exact) mass is 289 g/mol. The second kappa shape index (κ2) is 6.61. The van der Waals surface area contributed by atoms with E-state index in [1.807, 2.05) is 0 Å². The van der Waals surface area contributed by atoms with Gasteiger partial charge in [0.2, 0.25) is 0 Å². The Labute approximate surface area is 115 Å². The molecule has 0 radical (unpaired) electrons. The van der Waals surface area contributed by atoms with Gasteiger partial charge >= 0.3 is 5.97 Å². The number of carbonyl (C=O) groups excluding carboxylic acids is 1. The molecule has 98 valence electrons. The van der Waals surface area contributed by atoms with E-state index in [1.165, 1.54) is 0 Å². The van der Waals surface area contributed by atoms with E-state index in [2.05, 4.69) is 5.32 Å². The van der Waals surface area contributed by atoms with Crippen LogP contribution in [0.2, 0.25) is 10.0 Å². The van der Waals surface area contributed by atoms with Gasteiger partial charge in [-0.2, -0.15) is 0 Å². The number of amides is 1. The SMILES string of the molecule is CC(CCC(=O)O)NC(=O)c1cccc(Cl)c1Cl. The molecule has 0 spiro atoms. The van der Waals surface area contributed by atoms with E-state index >= 15 is 0 Å². The zero-order chi connectivity index (χ0) is 13.7. The number of carboxylic acid groups (broad SMARTS) is 1. The first-order valence-corrected chi connectivity index (χ1v) is 6.14. The van der Waals surface area contributed by atoms with E-state index in [-0.39, 0.29) is 29.0 Å². The Kier molecular flexibility index (Phi) is 5.44. The van der Waals surface area contributed by atoms with Crippen LogP contribution < -0.4 is 5.32 Å². The third kappa shape index (κ3) is 4.20. The maximum atomic E-state index is 11.9. The normalized spacial score (nSPS) is 11.9. The number of hydrogen-bond donors (Lipinski definition) is 2. The van der Waals surface area contributed by atoms with Crippen LogP contribution >= 0.6 is 23.2 Å². The molecule has 0 aliphatic rings. The van der Waals surface area contributed by atoms with E-state index in [4.69, 9.17) is 28.3 Å². The largest absolute Gasteiger partial charge is 0.481 e. The van der Waals surface area contributed by atoms with Crippen molar-refractivity contribution in [1.82, 2.24) is 5.32 Å². The van der Waals surface area contributed by atoms with E-state index in [0.29, 0.717) is 11.4 Å². The molecule has 0 bridgehead atoms. The van der Waals surface area contributed by atoms with Gasteiger partial charge in [0.1, 0.15) is 0 Å². The first-order valence-electron chi connectivity index (χ1n) is 5.38. The predicted octanol–water partition coefficient (Wildman–Crippen LogP) is 2.98. The molecular formula is C12H13Cl2NO3. The summed E-state index contributed by atoms with van der Waals surface area (Å²) in [6.45, 7) is 1.74. The molecule has 1 unspecified atom stereocenters. The molecule has 4 nitrogen and oxygen atoms in total. The third-order valence-electron chi connectivity index (χ3n) is 2.36. The molecule has 1 rings (SSSR count). The number of aliphatic carboxylic acids is 1. The summed E-state index contributed by atoms with van der Waals surface area (Å²) in [6, 6.07) is 4.54. The van der Waals surface area contributed by atoms with Crippen molar-refractivity contribution in [3.05, 3.63) is 33.8 Å². The van der Waals surface area contributed by atoms with Gasteiger partial charge in [0.15, 0.2) is 0 Å². The number of nitrogens with one attached hydrogen (secondary N) is 1. The summed E-state index contributed by atoms with van der Waals surface area (Å²) in [6.07, 6.45) is 0.365. The molecule has 1 aromatic carbocycles. The fourth-order valence-corrected chi connectivity index (χ4v) is 1.78. The number of rotatable bonds is 5. The van der Waals surface area contributed by atoms with Crippen molar-refractivity contribution in [3.8, 4) is 0 Å². The van der Waals surface area contributed by atoms with Gasteiger partial charge in [0.25, 0.3) is 5.91 Å². The minimum atomic E-state index is -0.892. The average Bonchev–Trinajstić information content (AvgIpc) is 2.30. The molecule has 0 aliphatic heterocycles. The fraction of sp³-hybridized carbons (Fsp3) is 0.333. The second-order valence-corrected chi connectivity index (χ2v) is 4.69. The Morgan fingerprint density at radius 1 is 1.39 bits per heavy atom. The van der Waals surface area contributed by atoms with Gasteiger partial charge in [-0.15, -0.1) is 0 Å². The lowest BCUT2D eigenvalue weighted by molar-refractivity contribution is -0.137. The fourth-order valence-electron chi connectivity index (χ4n) is 1.39. The van der Waals surface area contributed by atoms with Gasteiger partial charge < -0.3 is 10.4 Å². The zero-order valence-electron chi connectivity index (χ0n) is 9.74. The Balaban J connectivity index is 2.65. The molecule has 0 aliphatic carbocycles. The molecule has 0 heterocycles. The number of hydrogen-bond acceptors (Lipinski definition) is 2. The predicted molar refractivity (Wildman–Crippen MR) is 70.3 cm³/mol. The van der Waals surface area contributed by atoms with Crippen LogP contribution in [-0.4, -0.2) is 23.0 Å². The van der Waals surface area contributed by atoms with Crippen molar-refractivity contribution in [2.24, 2.45) is 0 Å². The molecule has 1 amide bonds. The Morgan fingerprint density at radius 3 is 2.67 bits per heavy atom. The molecule has 18 heavy (non-hydrogen) atoms. The lowest BCUT2D eigenvalue weighted by atomic mass is 10.1. The molecule has 2 N–H and O–H groups in total. The van der Waals surface area contributed by atoms with Gasteiger partial charge in [-0.25, -0.2) is 0 Å². The van der Waals surface area contributed by atoms with Crippen molar-refractivity contribution in [3.63, 3.8) is 0 Å². The number of benzene rings is 1. The number of halogens is 2. The quantitative estimate of drug-likeness (QED) is 0.876. The standard InChI is InChI=1S/C12H13Cl2NO3/c1-7(5-6-10(16)17)15-12(18)8-3-2-4-9(13)11(8)14/h2-4,7H,5-6H2,1H3,(H,15,18)(H,16,17). The topological polar surface area (TPSA) is 66.4 Å². The lowest BCUT2D eigenvalue weighted by Gasteiger charge is -2.13. The molecule has 0 saturated heterocycles. The van der Waals surface area contributed by atoms with Crippen LogP contribution in [0.25, 0.3) is 0 Å². The van der Waals surface area contributed by atoms with Crippen LogP contribution in [0.5, 0.6) is 0 Å². The average molecular weight is 290 g/mol. The molecule has 0 saturated carbocycles. The highest BCUT2D eigenvalue weighted by molar-refractivity contribution is 6.43. The molecule has 1 aromatic rings. The van der Waals surface area contributed by atoms with Crippen LogP contribution in [0, 0.1) is 0 Å². The van der Waals surface area contributed by atoms with Crippen LogP contribution in [0.4, 0.5) is 0 Å². The lowest BCUT2D eigenvalue weighted by Crippen LogP contribution is -2.33. The van der Waals surface area contributed by atoms with Crippen molar-refractivity contribution in [2.75, 3.05) is 0 Å². The van der Waals surface area contributed by atoms with Crippen molar-refractivity contribution in [1.29, 1.82) is 0 Å². The minimum Gasteiger partial charge on any atom is -0.481 e. The highest BCUT2D eigenvalue weighted by atomic mass is 35.5. The molecular weight excluding hydrogens is 277 g/mol. The van der Waals surface area contributed by atoms with Gasteiger partial charge in [0, 0.05) is 12.5 Å². The second-order valence-electron chi connectivity index (χ2n) is 3.91. The zero-order valence-corrected chi connectivity index (χ0v) is 11.3. The Bertz CT molecular complexity index is 463. The summed E-state index contributed by atoms with van der Waals surface area (Å²) in [7, 11) is 0. The van der Waals surface area contributed by atoms with E-state index in [1.54, 1.807) is 25.1 Å². The number of carbonyl (C=O) groups is 2. The summed E-state index contributed by atoms with van der Waals surface area (Å²) < 4.78 is 0. The molecule has 1 atom stereocenters. The summed E-state index contributed by atoms with van der Waals surface area (Å²) in [5.41, 5.74) is 0.284. The van der Waals surface area contributed by atoms with Crippen LogP contribution in [-0.2, 0) is 4.79 Å².